The van der Waals surface area contributed by atoms with Crippen LogP contribution in [0.2, 0.25) is 0 Å². The first-order valence-corrected chi connectivity index (χ1v) is 6.58. The average molecular weight is 281 g/mol. The molecule has 0 spiro atoms. The van der Waals surface area contributed by atoms with Crippen LogP contribution < -0.4 is 0 Å². The zero-order valence-corrected chi connectivity index (χ0v) is 11.7. The van der Waals surface area contributed by atoms with Gasteiger partial charge < -0.3 is 14.7 Å². The number of aromatic amines is 1. The Morgan fingerprint density at radius 1 is 1.50 bits per heavy atom. The second-order valence-electron chi connectivity index (χ2n) is 5.00. The number of aryl methyl sites for hydroxylation is 2. The number of amides is 1. The normalized spacial score (nSPS) is 19.1. The molecule has 0 aliphatic carbocycles. The van der Waals surface area contributed by atoms with Crippen molar-refractivity contribution in [2.75, 3.05) is 19.8 Å². The first kappa shape index (κ1) is 14.5. The van der Waals surface area contributed by atoms with Gasteiger partial charge in [-0.3, -0.25) is 14.7 Å². The summed E-state index contributed by atoms with van der Waals surface area (Å²) in [6.07, 6.45) is 0.152. The smallest absolute Gasteiger partial charge is 0.305 e. The number of nitrogens with zero attached hydrogens (tertiary/aromatic N) is 2. The first-order chi connectivity index (χ1) is 9.49. The Morgan fingerprint density at radius 2 is 2.25 bits per heavy atom. The largest absolute Gasteiger partial charge is 0.481 e. The van der Waals surface area contributed by atoms with Crippen LogP contribution in [-0.4, -0.2) is 57.9 Å². The van der Waals surface area contributed by atoms with Crippen LogP contribution in [0.15, 0.2) is 0 Å². The van der Waals surface area contributed by atoms with Crippen molar-refractivity contribution in [2.45, 2.75) is 32.7 Å². The number of ether oxygens (including phenoxy) is 1. The third kappa shape index (κ3) is 3.16. The number of carbonyl (C=O) groups is 2. The number of rotatable bonds is 4. The van der Waals surface area contributed by atoms with Crippen molar-refractivity contribution in [2.24, 2.45) is 0 Å². The Morgan fingerprint density at radius 3 is 2.85 bits per heavy atom. The molecule has 1 aliphatic heterocycles. The number of aromatic nitrogens is 2. The molecule has 0 saturated carbocycles. The number of aliphatic carboxylic acids is 1. The Kier molecular flexibility index (Phi) is 4.39. The lowest BCUT2D eigenvalue weighted by atomic mass is 10.1. The monoisotopic (exact) mass is 281 g/mol. The molecular formula is C13H19N3O4. The molecule has 1 amide bonds. The zero-order valence-electron chi connectivity index (χ0n) is 11.7. The predicted octanol–water partition coefficient (Wildman–Crippen LogP) is 0.271. The van der Waals surface area contributed by atoms with Gasteiger partial charge in [0.2, 0.25) is 5.91 Å². The van der Waals surface area contributed by atoms with Crippen LogP contribution in [0.4, 0.5) is 0 Å². The van der Waals surface area contributed by atoms with Crippen molar-refractivity contribution >= 4 is 11.9 Å². The van der Waals surface area contributed by atoms with Gasteiger partial charge in [0.1, 0.15) is 0 Å². The Bertz CT molecular complexity index is 492. The van der Waals surface area contributed by atoms with Gasteiger partial charge in [-0.05, 0) is 13.8 Å². The summed E-state index contributed by atoms with van der Waals surface area (Å²) in [4.78, 5) is 24.9. The van der Waals surface area contributed by atoms with Crippen molar-refractivity contribution in [1.29, 1.82) is 0 Å². The number of carbonyl (C=O) groups excluding carboxylic acids is 1. The van der Waals surface area contributed by atoms with Crippen molar-refractivity contribution in [3.05, 3.63) is 17.0 Å². The van der Waals surface area contributed by atoms with Crippen LogP contribution in [0.1, 0.15) is 23.4 Å². The highest BCUT2D eigenvalue weighted by molar-refractivity contribution is 5.80. The molecule has 0 radical (unpaired) electrons. The SMILES string of the molecule is Cc1n[nH]c(C)c1CC(=O)N1CCOCC1CC(=O)O. The van der Waals surface area contributed by atoms with Crippen LogP contribution in [0.5, 0.6) is 0 Å². The van der Waals surface area contributed by atoms with Crippen LogP contribution in [0.25, 0.3) is 0 Å². The molecular weight excluding hydrogens is 262 g/mol. The van der Waals surface area contributed by atoms with Crippen LogP contribution >= 0.6 is 0 Å². The Labute approximate surface area is 116 Å². The van der Waals surface area contributed by atoms with E-state index >= 15 is 0 Å². The molecule has 0 aromatic carbocycles. The molecule has 2 N–H and O–H groups in total. The number of carboxylic acid groups (broad SMARTS) is 1. The lowest BCUT2D eigenvalue weighted by molar-refractivity contribution is -0.145. The summed E-state index contributed by atoms with van der Waals surface area (Å²) in [5.74, 6) is -0.999. The highest BCUT2D eigenvalue weighted by Crippen LogP contribution is 2.16. The highest BCUT2D eigenvalue weighted by Gasteiger charge is 2.29. The third-order valence-electron chi connectivity index (χ3n) is 3.57. The van der Waals surface area contributed by atoms with Gasteiger partial charge in [-0.25, -0.2) is 0 Å². The highest BCUT2D eigenvalue weighted by atomic mass is 16.5. The van der Waals surface area contributed by atoms with Gasteiger partial charge >= 0.3 is 5.97 Å². The second kappa shape index (κ2) is 6.04. The average Bonchev–Trinajstić information content (AvgIpc) is 2.70. The van der Waals surface area contributed by atoms with E-state index in [1.54, 1.807) is 4.90 Å². The van der Waals surface area contributed by atoms with E-state index in [9.17, 15) is 9.59 Å². The van der Waals surface area contributed by atoms with E-state index in [4.69, 9.17) is 9.84 Å². The maximum atomic E-state index is 12.4. The molecule has 1 atom stereocenters. The summed E-state index contributed by atoms with van der Waals surface area (Å²) < 4.78 is 5.27. The molecule has 1 unspecified atom stereocenters. The topological polar surface area (TPSA) is 95.5 Å². The first-order valence-electron chi connectivity index (χ1n) is 6.58. The summed E-state index contributed by atoms with van der Waals surface area (Å²) in [5.41, 5.74) is 2.56. The van der Waals surface area contributed by atoms with E-state index in [1.807, 2.05) is 13.8 Å². The van der Waals surface area contributed by atoms with Gasteiger partial charge in [0, 0.05) is 17.8 Å². The number of hydrogen-bond donors (Lipinski definition) is 2. The minimum absolute atomic E-state index is 0.0767. The van der Waals surface area contributed by atoms with E-state index in [0.717, 1.165) is 17.0 Å². The minimum atomic E-state index is -0.922. The van der Waals surface area contributed by atoms with Crippen molar-refractivity contribution in [1.82, 2.24) is 15.1 Å². The fourth-order valence-corrected chi connectivity index (χ4v) is 2.44. The molecule has 0 bridgehead atoms. The van der Waals surface area contributed by atoms with Crippen LogP contribution in [0.3, 0.4) is 0 Å². The summed E-state index contributed by atoms with van der Waals surface area (Å²) in [5, 5.41) is 15.8. The third-order valence-corrected chi connectivity index (χ3v) is 3.57. The maximum Gasteiger partial charge on any atom is 0.305 e. The Hall–Kier alpha value is -1.89. The molecule has 7 nitrogen and oxygen atoms in total. The number of nitrogens with one attached hydrogen (secondary N) is 1. The molecule has 2 rings (SSSR count). The standard InChI is InChI=1S/C13H19N3O4/c1-8-11(9(2)15-14-8)6-12(17)16-3-4-20-7-10(16)5-13(18)19/h10H,3-7H2,1-2H3,(H,14,15)(H,18,19). The van der Waals surface area contributed by atoms with Gasteiger partial charge in [0.15, 0.2) is 0 Å². The Balaban J connectivity index is 2.08. The molecule has 1 aromatic heterocycles. The van der Waals surface area contributed by atoms with Gasteiger partial charge in [0.25, 0.3) is 0 Å². The molecule has 1 saturated heterocycles. The summed E-state index contributed by atoms with van der Waals surface area (Å²) in [6, 6.07) is -0.388. The second-order valence-corrected chi connectivity index (χ2v) is 5.00. The summed E-state index contributed by atoms with van der Waals surface area (Å²) in [6.45, 7) is 4.89. The van der Waals surface area contributed by atoms with Crippen molar-refractivity contribution < 1.29 is 19.4 Å². The van der Waals surface area contributed by atoms with E-state index in [0.29, 0.717) is 13.2 Å². The molecule has 1 fully saturated rings. The van der Waals surface area contributed by atoms with Gasteiger partial charge in [-0.15, -0.1) is 0 Å². The number of morpholine rings is 1. The van der Waals surface area contributed by atoms with Gasteiger partial charge in [-0.1, -0.05) is 0 Å². The molecule has 1 aromatic rings. The molecule has 1 aliphatic rings. The fraction of sp³-hybridized carbons (Fsp3) is 0.615. The molecule has 7 heteroatoms. The van der Waals surface area contributed by atoms with Crippen molar-refractivity contribution in [3.8, 4) is 0 Å². The van der Waals surface area contributed by atoms with Crippen molar-refractivity contribution in [3.63, 3.8) is 0 Å². The lowest BCUT2D eigenvalue weighted by Gasteiger charge is -2.35. The van der Waals surface area contributed by atoms with Crippen LogP contribution in [-0.2, 0) is 20.7 Å². The van der Waals surface area contributed by atoms with E-state index in [1.165, 1.54) is 0 Å². The molecule has 2 heterocycles. The maximum absolute atomic E-state index is 12.4. The number of carboxylic acids is 1. The lowest BCUT2D eigenvalue weighted by Crippen LogP contribution is -2.50. The van der Waals surface area contributed by atoms with Crippen LogP contribution in [0, 0.1) is 13.8 Å². The molecule has 20 heavy (non-hydrogen) atoms. The predicted molar refractivity (Wildman–Crippen MR) is 70.3 cm³/mol. The van der Waals surface area contributed by atoms with E-state index < -0.39 is 5.97 Å². The van der Waals surface area contributed by atoms with Gasteiger partial charge in [0.05, 0.1) is 37.8 Å². The number of H-pyrrole nitrogens is 1. The quantitative estimate of drug-likeness (QED) is 0.826. The summed E-state index contributed by atoms with van der Waals surface area (Å²) in [7, 11) is 0. The molecule has 110 valence electrons. The summed E-state index contributed by atoms with van der Waals surface area (Å²) >= 11 is 0. The van der Waals surface area contributed by atoms with Gasteiger partial charge in [-0.2, -0.15) is 5.10 Å². The zero-order chi connectivity index (χ0) is 14.7. The number of hydrogen-bond acceptors (Lipinski definition) is 4. The van der Waals surface area contributed by atoms with E-state index in [2.05, 4.69) is 10.2 Å². The fourth-order valence-electron chi connectivity index (χ4n) is 2.44. The van der Waals surface area contributed by atoms with E-state index in [-0.39, 0.29) is 31.4 Å². The minimum Gasteiger partial charge on any atom is -0.481 e.